The summed E-state index contributed by atoms with van der Waals surface area (Å²) in [5.74, 6) is 0.354. The van der Waals surface area contributed by atoms with Crippen LogP contribution in [-0.2, 0) is 11.2 Å². The Morgan fingerprint density at radius 2 is 2.12 bits per heavy atom. The topological polar surface area (TPSA) is 70.7 Å². The van der Waals surface area contributed by atoms with Crippen molar-refractivity contribution in [1.82, 2.24) is 15.2 Å². The van der Waals surface area contributed by atoms with Crippen molar-refractivity contribution in [1.29, 1.82) is 0 Å². The Kier molecular flexibility index (Phi) is 3.85. The van der Waals surface area contributed by atoms with E-state index in [2.05, 4.69) is 32.6 Å². The Hall–Kier alpha value is -2.17. The molecule has 1 aromatic heterocycles. The van der Waals surface area contributed by atoms with E-state index in [0.717, 1.165) is 12.8 Å². The smallest absolute Gasteiger partial charge is 0.226 e. The van der Waals surface area contributed by atoms with E-state index in [0.29, 0.717) is 12.4 Å². The number of hydrogen-bond donors (Lipinski definition) is 2. The van der Waals surface area contributed by atoms with Crippen molar-refractivity contribution in [2.75, 3.05) is 5.32 Å². The molecule has 0 saturated carbocycles. The maximum atomic E-state index is 11.5. The second-order valence-corrected chi connectivity index (χ2v) is 3.72. The van der Waals surface area contributed by atoms with Gasteiger partial charge in [0, 0.05) is 6.42 Å². The highest BCUT2D eigenvalue weighted by molar-refractivity contribution is 5.88. The van der Waals surface area contributed by atoms with Crippen molar-refractivity contribution in [3.63, 3.8) is 0 Å². The van der Waals surface area contributed by atoms with Gasteiger partial charge in [-0.2, -0.15) is 10.1 Å². The standard InChI is InChI=1S/C12H14N4O/c17-11(15-12-13-9-14-16-12)8-4-7-10-5-2-1-3-6-10/h1-3,5-6,9H,4,7-8H2,(H2,13,14,15,16,17). The number of H-pyrrole nitrogens is 1. The summed E-state index contributed by atoms with van der Waals surface area (Å²) in [5.41, 5.74) is 1.25. The van der Waals surface area contributed by atoms with Crippen molar-refractivity contribution >= 4 is 11.9 Å². The van der Waals surface area contributed by atoms with Gasteiger partial charge in [0.25, 0.3) is 0 Å². The monoisotopic (exact) mass is 230 g/mol. The molecule has 88 valence electrons. The number of aromatic amines is 1. The van der Waals surface area contributed by atoms with E-state index in [9.17, 15) is 4.79 Å². The lowest BCUT2D eigenvalue weighted by Crippen LogP contribution is -2.12. The molecule has 0 atom stereocenters. The van der Waals surface area contributed by atoms with E-state index in [4.69, 9.17) is 0 Å². The molecule has 2 N–H and O–H groups in total. The zero-order valence-electron chi connectivity index (χ0n) is 9.39. The maximum Gasteiger partial charge on any atom is 0.226 e. The molecule has 2 rings (SSSR count). The Balaban J connectivity index is 1.70. The molecular formula is C12H14N4O. The van der Waals surface area contributed by atoms with E-state index in [-0.39, 0.29) is 5.91 Å². The van der Waals surface area contributed by atoms with Crippen molar-refractivity contribution < 1.29 is 4.79 Å². The summed E-state index contributed by atoms with van der Waals surface area (Å²) in [4.78, 5) is 15.3. The molecule has 17 heavy (non-hydrogen) atoms. The predicted octanol–water partition coefficient (Wildman–Crippen LogP) is 1.77. The van der Waals surface area contributed by atoms with Gasteiger partial charge >= 0.3 is 0 Å². The summed E-state index contributed by atoms with van der Waals surface area (Å²) < 4.78 is 0. The van der Waals surface area contributed by atoms with E-state index in [1.165, 1.54) is 11.9 Å². The SMILES string of the molecule is O=C(CCCc1ccccc1)Nc1ncn[nH]1. The zero-order chi connectivity index (χ0) is 11.9. The van der Waals surface area contributed by atoms with Gasteiger partial charge < -0.3 is 0 Å². The summed E-state index contributed by atoms with van der Waals surface area (Å²) in [7, 11) is 0. The third-order valence-electron chi connectivity index (χ3n) is 2.38. The molecule has 0 spiro atoms. The molecule has 0 aliphatic carbocycles. The Morgan fingerprint density at radius 3 is 2.82 bits per heavy atom. The van der Waals surface area contributed by atoms with E-state index < -0.39 is 0 Å². The van der Waals surface area contributed by atoms with Crippen LogP contribution < -0.4 is 5.32 Å². The van der Waals surface area contributed by atoms with E-state index >= 15 is 0 Å². The number of hydrogen-bond acceptors (Lipinski definition) is 3. The molecular weight excluding hydrogens is 216 g/mol. The van der Waals surface area contributed by atoms with Gasteiger partial charge in [0.05, 0.1) is 0 Å². The number of aromatic nitrogens is 3. The van der Waals surface area contributed by atoms with Gasteiger partial charge in [-0.05, 0) is 18.4 Å². The number of rotatable bonds is 5. The molecule has 0 unspecified atom stereocenters. The van der Waals surface area contributed by atoms with E-state index in [1.807, 2.05) is 18.2 Å². The third kappa shape index (κ3) is 3.71. The van der Waals surface area contributed by atoms with Crippen LogP contribution in [0.5, 0.6) is 0 Å². The molecule has 1 aromatic carbocycles. The van der Waals surface area contributed by atoms with Crippen LogP contribution >= 0.6 is 0 Å². The molecule has 5 nitrogen and oxygen atoms in total. The second-order valence-electron chi connectivity index (χ2n) is 3.72. The zero-order valence-corrected chi connectivity index (χ0v) is 9.39. The van der Waals surface area contributed by atoms with Gasteiger partial charge in [0.1, 0.15) is 6.33 Å². The molecule has 0 radical (unpaired) electrons. The molecule has 0 aliphatic heterocycles. The van der Waals surface area contributed by atoms with Crippen LogP contribution in [0.1, 0.15) is 18.4 Å². The first kappa shape index (κ1) is 11.3. The fraction of sp³-hybridized carbons (Fsp3) is 0.250. The fourth-order valence-electron chi connectivity index (χ4n) is 1.56. The summed E-state index contributed by atoms with van der Waals surface area (Å²) in [6.45, 7) is 0. The minimum Gasteiger partial charge on any atom is -0.295 e. The number of anilines is 1. The van der Waals surface area contributed by atoms with Gasteiger partial charge in [-0.15, -0.1) is 0 Å². The van der Waals surface area contributed by atoms with Crippen LogP contribution in [0.2, 0.25) is 0 Å². The van der Waals surface area contributed by atoms with Crippen LogP contribution in [0.25, 0.3) is 0 Å². The first-order chi connectivity index (χ1) is 8.34. The van der Waals surface area contributed by atoms with Gasteiger partial charge in [-0.1, -0.05) is 30.3 Å². The van der Waals surface area contributed by atoms with Crippen LogP contribution in [0.3, 0.4) is 0 Å². The molecule has 0 fully saturated rings. The number of amides is 1. The van der Waals surface area contributed by atoms with Crippen LogP contribution in [-0.4, -0.2) is 21.1 Å². The molecule has 0 saturated heterocycles. The van der Waals surface area contributed by atoms with Crippen molar-refractivity contribution in [2.24, 2.45) is 0 Å². The fourth-order valence-corrected chi connectivity index (χ4v) is 1.56. The summed E-state index contributed by atoms with van der Waals surface area (Å²) >= 11 is 0. The molecule has 1 heterocycles. The maximum absolute atomic E-state index is 11.5. The van der Waals surface area contributed by atoms with Crippen LogP contribution in [0, 0.1) is 0 Å². The second kappa shape index (κ2) is 5.79. The molecule has 0 bridgehead atoms. The average molecular weight is 230 g/mol. The molecule has 5 heteroatoms. The van der Waals surface area contributed by atoms with Crippen LogP contribution in [0.15, 0.2) is 36.7 Å². The summed E-state index contributed by atoms with van der Waals surface area (Å²) in [6.07, 6.45) is 3.57. The van der Waals surface area contributed by atoms with Crippen molar-refractivity contribution in [3.8, 4) is 0 Å². The lowest BCUT2D eigenvalue weighted by molar-refractivity contribution is -0.116. The first-order valence-corrected chi connectivity index (χ1v) is 5.54. The number of aryl methyl sites for hydroxylation is 1. The summed E-state index contributed by atoms with van der Waals surface area (Å²) in [5, 5.41) is 8.88. The minimum absolute atomic E-state index is 0.0438. The van der Waals surface area contributed by atoms with Crippen LogP contribution in [0.4, 0.5) is 5.95 Å². The third-order valence-corrected chi connectivity index (χ3v) is 2.38. The van der Waals surface area contributed by atoms with Crippen molar-refractivity contribution in [2.45, 2.75) is 19.3 Å². The quantitative estimate of drug-likeness (QED) is 0.822. The Labute approximate surface area is 99.3 Å². The normalized spacial score (nSPS) is 10.1. The molecule has 2 aromatic rings. The van der Waals surface area contributed by atoms with Gasteiger partial charge in [0.15, 0.2) is 0 Å². The van der Waals surface area contributed by atoms with E-state index in [1.54, 1.807) is 0 Å². The molecule has 1 amide bonds. The lowest BCUT2D eigenvalue weighted by Gasteiger charge is -2.02. The largest absolute Gasteiger partial charge is 0.295 e. The predicted molar refractivity (Wildman–Crippen MR) is 64.4 cm³/mol. The number of carbonyl (C=O) groups excluding carboxylic acids is 1. The van der Waals surface area contributed by atoms with Crippen molar-refractivity contribution in [3.05, 3.63) is 42.2 Å². The Morgan fingerprint density at radius 1 is 1.29 bits per heavy atom. The minimum atomic E-state index is -0.0438. The highest BCUT2D eigenvalue weighted by Crippen LogP contribution is 2.05. The highest BCUT2D eigenvalue weighted by atomic mass is 16.1. The number of benzene rings is 1. The average Bonchev–Trinajstić information content (AvgIpc) is 2.83. The summed E-state index contributed by atoms with van der Waals surface area (Å²) in [6, 6.07) is 10.1. The number of carbonyl (C=O) groups is 1. The highest BCUT2D eigenvalue weighted by Gasteiger charge is 2.03. The molecule has 0 aliphatic rings. The van der Waals surface area contributed by atoms with Gasteiger partial charge in [-0.3, -0.25) is 10.1 Å². The Bertz CT molecular complexity index is 453. The first-order valence-electron chi connectivity index (χ1n) is 5.54. The lowest BCUT2D eigenvalue weighted by atomic mass is 10.1. The number of nitrogens with zero attached hydrogens (tertiary/aromatic N) is 2. The van der Waals surface area contributed by atoms with Gasteiger partial charge in [-0.25, -0.2) is 5.10 Å². The number of nitrogens with one attached hydrogen (secondary N) is 2. The van der Waals surface area contributed by atoms with Gasteiger partial charge in [0.2, 0.25) is 11.9 Å².